The second kappa shape index (κ2) is 7.49. The lowest BCUT2D eigenvalue weighted by atomic mass is 9.97. The molecule has 6 heteroatoms. The first-order valence-corrected chi connectivity index (χ1v) is 8.26. The van der Waals surface area contributed by atoms with Gasteiger partial charge < -0.3 is 15.0 Å². The van der Waals surface area contributed by atoms with Gasteiger partial charge in [-0.15, -0.1) is 0 Å². The van der Waals surface area contributed by atoms with Crippen molar-refractivity contribution in [3.63, 3.8) is 0 Å². The van der Waals surface area contributed by atoms with E-state index in [4.69, 9.17) is 4.74 Å². The van der Waals surface area contributed by atoms with E-state index in [1.54, 1.807) is 14.0 Å². The molecule has 1 aromatic carbocycles. The number of hydrogen-bond donors (Lipinski definition) is 1. The van der Waals surface area contributed by atoms with Gasteiger partial charge in [0.15, 0.2) is 0 Å². The summed E-state index contributed by atoms with van der Waals surface area (Å²) < 4.78 is 6.99. The smallest absolute Gasteiger partial charge is 0.217 e. The van der Waals surface area contributed by atoms with E-state index in [9.17, 15) is 4.79 Å². The molecule has 0 fully saturated rings. The standard InChI is InChI=1S/C18H24N4O2/c1-14(23)20-17-9-16-5-3-4-6-18(16)21(13-17)11-15-10-19-22(12-15)7-8-24-2/h3-6,10,12,17H,7-9,11,13H2,1-2H3,(H,20,23). The zero-order valence-corrected chi connectivity index (χ0v) is 14.2. The lowest BCUT2D eigenvalue weighted by Crippen LogP contribution is -2.47. The van der Waals surface area contributed by atoms with E-state index in [1.807, 2.05) is 10.9 Å². The number of ether oxygens (including phenoxy) is 1. The number of anilines is 1. The highest BCUT2D eigenvalue weighted by atomic mass is 16.5. The van der Waals surface area contributed by atoms with Gasteiger partial charge in [0.25, 0.3) is 0 Å². The number of para-hydroxylation sites is 1. The van der Waals surface area contributed by atoms with Crippen LogP contribution in [0.3, 0.4) is 0 Å². The maximum absolute atomic E-state index is 11.4. The number of amides is 1. The van der Waals surface area contributed by atoms with E-state index in [0.717, 1.165) is 31.6 Å². The van der Waals surface area contributed by atoms with Crippen molar-refractivity contribution in [1.29, 1.82) is 0 Å². The minimum absolute atomic E-state index is 0.0201. The number of rotatable bonds is 6. The molecule has 1 amide bonds. The molecule has 0 saturated heterocycles. The summed E-state index contributed by atoms with van der Waals surface area (Å²) >= 11 is 0. The number of methoxy groups -OCH3 is 1. The number of carbonyl (C=O) groups is 1. The average molecular weight is 328 g/mol. The van der Waals surface area contributed by atoms with Crippen LogP contribution in [0.1, 0.15) is 18.1 Å². The summed E-state index contributed by atoms with van der Waals surface area (Å²) in [4.78, 5) is 13.8. The van der Waals surface area contributed by atoms with E-state index in [1.165, 1.54) is 11.3 Å². The normalized spacial score (nSPS) is 16.8. The fourth-order valence-corrected chi connectivity index (χ4v) is 3.24. The zero-order chi connectivity index (χ0) is 16.9. The molecule has 1 aromatic heterocycles. The van der Waals surface area contributed by atoms with Crippen LogP contribution in [0.2, 0.25) is 0 Å². The number of carbonyl (C=O) groups excluding carboxylic acids is 1. The highest BCUT2D eigenvalue weighted by molar-refractivity contribution is 5.73. The summed E-state index contributed by atoms with van der Waals surface area (Å²) in [7, 11) is 1.69. The van der Waals surface area contributed by atoms with Gasteiger partial charge in [-0.25, -0.2) is 0 Å². The van der Waals surface area contributed by atoms with E-state index in [0.29, 0.717) is 6.61 Å². The molecule has 1 aliphatic heterocycles. The van der Waals surface area contributed by atoms with Crippen molar-refractivity contribution in [2.24, 2.45) is 0 Å². The van der Waals surface area contributed by atoms with Crippen LogP contribution in [0.25, 0.3) is 0 Å². The van der Waals surface area contributed by atoms with Crippen molar-refractivity contribution in [3.8, 4) is 0 Å². The molecule has 6 nitrogen and oxygen atoms in total. The molecular weight excluding hydrogens is 304 g/mol. The molecule has 0 radical (unpaired) electrons. The van der Waals surface area contributed by atoms with Crippen LogP contribution in [0.15, 0.2) is 36.7 Å². The van der Waals surface area contributed by atoms with E-state index >= 15 is 0 Å². The SMILES string of the molecule is COCCn1cc(CN2CC(NC(C)=O)Cc3ccccc32)cn1. The highest BCUT2D eigenvalue weighted by Crippen LogP contribution is 2.28. The van der Waals surface area contributed by atoms with Crippen LogP contribution in [0.5, 0.6) is 0 Å². The Kier molecular flexibility index (Phi) is 5.15. The molecule has 2 aromatic rings. The summed E-state index contributed by atoms with van der Waals surface area (Å²) in [5.74, 6) is 0.0201. The van der Waals surface area contributed by atoms with Gasteiger partial charge in [0.05, 0.1) is 25.4 Å². The van der Waals surface area contributed by atoms with Crippen LogP contribution in [-0.4, -0.2) is 42.0 Å². The molecule has 0 aliphatic carbocycles. The Morgan fingerprint density at radius 1 is 1.42 bits per heavy atom. The predicted molar refractivity (Wildman–Crippen MR) is 92.9 cm³/mol. The van der Waals surface area contributed by atoms with Gasteiger partial charge >= 0.3 is 0 Å². The lowest BCUT2D eigenvalue weighted by Gasteiger charge is -2.36. The molecule has 0 saturated carbocycles. The Morgan fingerprint density at radius 2 is 2.25 bits per heavy atom. The van der Waals surface area contributed by atoms with E-state index < -0.39 is 0 Å². The number of nitrogens with zero attached hydrogens (tertiary/aromatic N) is 3. The van der Waals surface area contributed by atoms with Gasteiger partial charge in [-0.2, -0.15) is 5.10 Å². The first-order valence-electron chi connectivity index (χ1n) is 8.26. The molecule has 1 N–H and O–H groups in total. The molecule has 2 heterocycles. The Bertz CT molecular complexity index is 698. The largest absolute Gasteiger partial charge is 0.383 e. The molecule has 1 unspecified atom stereocenters. The predicted octanol–water partition coefficient (Wildman–Crippen LogP) is 1.60. The van der Waals surface area contributed by atoms with Gasteiger partial charge in [0.1, 0.15) is 0 Å². The van der Waals surface area contributed by atoms with Crippen molar-refractivity contribution in [1.82, 2.24) is 15.1 Å². The van der Waals surface area contributed by atoms with Crippen LogP contribution >= 0.6 is 0 Å². The average Bonchev–Trinajstić information content (AvgIpc) is 3.00. The second-order valence-corrected chi connectivity index (χ2v) is 6.22. The van der Waals surface area contributed by atoms with Gasteiger partial charge in [-0.1, -0.05) is 18.2 Å². The molecular formula is C18H24N4O2. The van der Waals surface area contributed by atoms with E-state index in [-0.39, 0.29) is 11.9 Å². The van der Waals surface area contributed by atoms with Crippen molar-refractivity contribution < 1.29 is 9.53 Å². The van der Waals surface area contributed by atoms with Crippen LogP contribution in [0.4, 0.5) is 5.69 Å². The second-order valence-electron chi connectivity index (χ2n) is 6.22. The summed E-state index contributed by atoms with van der Waals surface area (Å²) in [6.07, 6.45) is 4.84. The molecule has 0 spiro atoms. The van der Waals surface area contributed by atoms with Gasteiger partial charge in [0, 0.05) is 44.6 Å². The third-order valence-corrected chi connectivity index (χ3v) is 4.23. The van der Waals surface area contributed by atoms with Crippen molar-refractivity contribution in [2.45, 2.75) is 32.5 Å². The van der Waals surface area contributed by atoms with Crippen molar-refractivity contribution in [2.75, 3.05) is 25.2 Å². The zero-order valence-electron chi connectivity index (χ0n) is 14.2. The van der Waals surface area contributed by atoms with Gasteiger partial charge in [0.2, 0.25) is 5.91 Å². The van der Waals surface area contributed by atoms with Crippen molar-refractivity contribution in [3.05, 3.63) is 47.8 Å². The highest BCUT2D eigenvalue weighted by Gasteiger charge is 2.24. The molecule has 1 aliphatic rings. The number of benzene rings is 1. The van der Waals surface area contributed by atoms with E-state index in [2.05, 4.69) is 45.8 Å². The number of nitrogens with one attached hydrogen (secondary N) is 1. The summed E-state index contributed by atoms with van der Waals surface area (Å²) in [6, 6.07) is 8.54. The van der Waals surface area contributed by atoms with Gasteiger partial charge in [-0.3, -0.25) is 9.48 Å². The summed E-state index contributed by atoms with van der Waals surface area (Å²) in [6.45, 7) is 4.56. The third kappa shape index (κ3) is 3.94. The van der Waals surface area contributed by atoms with Crippen molar-refractivity contribution >= 4 is 11.6 Å². The molecule has 24 heavy (non-hydrogen) atoms. The number of hydrogen-bond acceptors (Lipinski definition) is 4. The summed E-state index contributed by atoms with van der Waals surface area (Å²) in [5, 5.41) is 7.44. The van der Waals surface area contributed by atoms with Crippen LogP contribution in [-0.2, 0) is 29.0 Å². The molecule has 0 bridgehead atoms. The maximum atomic E-state index is 11.4. The maximum Gasteiger partial charge on any atom is 0.217 e. The Hall–Kier alpha value is -2.34. The summed E-state index contributed by atoms with van der Waals surface area (Å²) in [5.41, 5.74) is 3.67. The fourth-order valence-electron chi connectivity index (χ4n) is 3.24. The Balaban J connectivity index is 1.75. The lowest BCUT2D eigenvalue weighted by molar-refractivity contribution is -0.119. The monoisotopic (exact) mass is 328 g/mol. The van der Waals surface area contributed by atoms with Gasteiger partial charge in [-0.05, 0) is 18.1 Å². The van der Waals surface area contributed by atoms with Crippen LogP contribution in [0, 0.1) is 0 Å². The molecule has 1 atom stereocenters. The molecule has 128 valence electrons. The number of aromatic nitrogens is 2. The first-order chi connectivity index (χ1) is 11.7. The quantitative estimate of drug-likeness (QED) is 0.875. The Morgan fingerprint density at radius 3 is 3.04 bits per heavy atom. The molecule has 3 rings (SSSR count). The fraction of sp³-hybridized carbons (Fsp3) is 0.444. The first kappa shape index (κ1) is 16.5. The number of fused-ring (bicyclic) bond motifs is 1. The third-order valence-electron chi connectivity index (χ3n) is 4.23. The van der Waals surface area contributed by atoms with Crippen LogP contribution < -0.4 is 10.2 Å². The minimum atomic E-state index is 0.0201. The minimum Gasteiger partial charge on any atom is -0.383 e. The Labute approximate surface area is 142 Å². The topological polar surface area (TPSA) is 59.4 Å².